The average Bonchev–Trinajstić information content (AvgIpc) is 3.26. The number of aromatic nitrogens is 4. The number of hydrogen-bond acceptors (Lipinski definition) is 5. The van der Waals surface area contributed by atoms with E-state index in [1.807, 2.05) is 49.5 Å². The standard InChI is InChI=1S/C22H20N6O2/c1-2-27-21(30)18-10-6-7-11-19(18)24-22(27)26-25-20(29)13-12-16-14-23-28(15-16)17-8-4-3-5-9-17/h3-15H,2H2,1H3,(H,24,26)(H,25,29)/b13-12+. The smallest absolute Gasteiger partial charge is 0.262 e. The number of nitrogens with zero attached hydrogens (tertiary/aromatic N) is 4. The van der Waals surface area contributed by atoms with Gasteiger partial charge in [0.25, 0.3) is 11.5 Å². The Morgan fingerprint density at radius 1 is 1.10 bits per heavy atom. The van der Waals surface area contributed by atoms with E-state index < -0.39 is 0 Å². The molecule has 4 rings (SSSR count). The molecule has 0 spiro atoms. The Labute approximate surface area is 172 Å². The Kier molecular flexibility index (Phi) is 5.38. The lowest BCUT2D eigenvalue weighted by Gasteiger charge is -2.13. The second kappa shape index (κ2) is 8.44. The maximum Gasteiger partial charge on any atom is 0.262 e. The number of fused-ring (bicyclic) bond motifs is 1. The van der Waals surface area contributed by atoms with Gasteiger partial charge < -0.3 is 0 Å². The Morgan fingerprint density at radius 2 is 1.87 bits per heavy atom. The lowest BCUT2D eigenvalue weighted by atomic mass is 10.2. The van der Waals surface area contributed by atoms with E-state index in [4.69, 9.17) is 0 Å². The minimum Gasteiger partial charge on any atom is -0.277 e. The maximum absolute atomic E-state index is 12.6. The van der Waals surface area contributed by atoms with E-state index in [-0.39, 0.29) is 17.4 Å². The summed E-state index contributed by atoms with van der Waals surface area (Å²) >= 11 is 0. The van der Waals surface area contributed by atoms with Crippen LogP contribution < -0.4 is 16.4 Å². The lowest BCUT2D eigenvalue weighted by Crippen LogP contribution is -2.33. The van der Waals surface area contributed by atoms with Gasteiger partial charge in [0.2, 0.25) is 5.95 Å². The molecule has 0 aliphatic carbocycles. The molecule has 2 heterocycles. The summed E-state index contributed by atoms with van der Waals surface area (Å²) in [5, 5.41) is 4.82. The Bertz CT molecular complexity index is 1270. The fourth-order valence-corrected chi connectivity index (χ4v) is 3.03. The topological polar surface area (TPSA) is 93.8 Å². The van der Waals surface area contributed by atoms with Gasteiger partial charge in [-0.05, 0) is 37.3 Å². The van der Waals surface area contributed by atoms with Crippen LogP contribution in [-0.2, 0) is 11.3 Å². The quantitative estimate of drug-likeness (QED) is 0.383. The van der Waals surface area contributed by atoms with E-state index in [0.29, 0.717) is 17.4 Å². The van der Waals surface area contributed by atoms with Crippen LogP contribution in [0.5, 0.6) is 0 Å². The highest BCUT2D eigenvalue weighted by molar-refractivity contribution is 5.92. The minimum atomic E-state index is -0.382. The van der Waals surface area contributed by atoms with Crippen molar-refractivity contribution in [3.05, 3.63) is 89.0 Å². The van der Waals surface area contributed by atoms with Crippen LogP contribution in [0.3, 0.4) is 0 Å². The van der Waals surface area contributed by atoms with Crippen LogP contribution in [0.15, 0.2) is 77.9 Å². The molecule has 0 bridgehead atoms. The molecule has 0 aliphatic heterocycles. The molecule has 0 aliphatic rings. The largest absolute Gasteiger partial charge is 0.277 e. The second-order valence-corrected chi connectivity index (χ2v) is 6.50. The number of nitrogens with one attached hydrogen (secondary N) is 2. The normalized spacial score (nSPS) is 11.1. The van der Waals surface area contributed by atoms with Crippen molar-refractivity contribution in [3.8, 4) is 5.69 Å². The molecular weight excluding hydrogens is 380 g/mol. The summed E-state index contributed by atoms with van der Waals surface area (Å²) in [6, 6.07) is 16.8. The molecule has 2 N–H and O–H groups in total. The zero-order chi connectivity index (χ0) is 20.9. The maximum atomic E-state index is 12.6. The molecule has 8 nitrogen and oxygen atoms in total. The third-order valence-electron chi connectivity index (χ3n) is 4.53. The number of hydrogen-bond donors (Lipinski definition) is 2. The van der Waals surface area contributed by atoms with Crippen molar-refractivity contribution in [1.82, 2.24) is 24.8 Å². The summed E-state index contributed by atoms with van der Waals surface area (Å²) in [4.78, 5) is 29.2. The van der Waals surface area contributed by atoms with Gasteiger partial charge in [-0.25, -0.2) is 9.67 Å². The molecule has 2 aromatic carbocycles. The molecule has 0 saturated heterocycles. The fourth-order valence-electron chi connectivity index (χ4n) is 3.03. The number of carbonyl (C=O) groups excluding carboxylic acids is 1. The van der Waals surface area contributed by atoms with Gasteiger partial charge in [0.05, 0.1) is 22.8 Å². The third kappa shape index (κ3) is 3.97. The first-order chi connectivity index (χ1) is 14.7. The first-order valence-electron chi connectivity index (χ1n) is 9.49. The predicted molar refractivity (Wildman–Crippen MR) is 116 cm³/mol. The van der Waals surface area contributed by atoms with Gasteiger partial charge in [-0.3, -0.25) is 25.0 Å². The monoisotopic (exact) mass is 400 g/mol. The van der Waals surface area contributed by atoms with Crippen molar-refractivity contribution >= 4 is 28.8 Å². The van der Waals surface area contributed by atoms with E-state index in [1.165, 1.54) is 10.6 Å². The predicted octanol–water partition coefficient (Wildman–Crippen LogP) is 2.76. The SMILES string of the molecule is CCn1c(NNC(=O)/C=C/c2cnn(-c3ccccc3)c2)nc2ccccc2c1=O. The Balaban J connectivity index is 1.45. The van der Waals surface area contributed by atoms with Crippen LogP contribution in [-0.4, -0.2) is 25.2 Å². The molecule has 0 saturated carbocycles. The van der Waals surface area contributed by atoms with Gasteiger partial charge in [0.15, 0.2) is 0 Å². The highest BCUT2D eigenvalue weighted by Crippen LogP contribution is 2.11. The summed E-state index contributed by atoms with van der Waals surface area (Å²) < 4.78 is 3.20. The summed E-state index contributed by atoms with van der Waals surface area (Å²) in [7, 11) is 0. The van der Waals surface area contributed by atoms with Gasteiger partial charge in [-0.2, -0.15) is 5.10 Å². The number of para-hydroxylation sites is 2. The van der Waals surface area contributed by atoms with Gasteiger partial charge in [-0.1, -0.05) is 30.3 Å². The molecule has 8 heteroatoms. The molecule has 1 amide bonds. The Hall–Kier alpha value is -4.20. The second-order valence-electron chi connectivity index (χ2n) is 6.50. The van der Waals surface area contributed by atoms with E-state index in [2.05, 4.69) is 20.9 Å². The average molecular weight is 400 g/mol. The van der Waals surface area contributed by atoms with Gasteiger partial charge >= 0.3 is 0 Å². The third-order valence-corrected chi connectivity index (χ3v) is 4.53. The zero-order valence-corrected chi connectivity index (χ0v) is 16.3. The van der Waals surface area contributed by atoms with E-state index in [0.717, 1.165) is 11.3 Å². The van der Waals surface area contributed by atoms with E-state index in [9.17, 15) is 9.59 Å². The van der Waals surface area contributed by atoms with Crippen molar-refractivity contribution in [2.75, 3.05) is 5.43 Å². The van der Waals surface area contributed by atoms with Gasteiger partial charge in [-0.15, -0.1) is 0 Å². The van der Waals surface area contributed by atoms with Crippen LogP contribution in [0.2, 0.25) is 0 Å². The van der Waals surface area contributed by atoms with Crippen LogP contribution in [0, 0.1) is 0 Å². The summed E-state index contributed by atoms with van der Waals surface area (Å²) in [6.07, 6.45) is 6.54. The van der Waals surface area contributed by atoms with Crippen LogP contribution in [0.4, 0.5) is 5.95 Å². The minimum absolute atomic E-state index is 0.163. The van der Waals surface area contributed by atoms with Crippen molar-refractivity contribution in [3.63, 3.8) is 0 Å². The van der Waals surface area contributed by atoms with Crippen molar-refractivity contribution in [2.45, 2.75) is 13.5 Å². The van der Waals surface area contributed by atoms with Crippen LogP contribution in [0.1, 0.15) is 12.5 Å². The van der Waals surface area contributed by atoms with Crippen molar-refractivity contribution < 1.29 is 4.79 Å². The van der Waals surface area contributed by atoms with Gasteiger partial charge in [0.1, 0.15) is 0 Å². The number of rotatable bonds is 6. The van der Waals surface area contributed by atoms with Crippen molar-refractivity contribution in [1.29, 1.82) is 0 Å². The summed E-state index contributed by atoms with van der Waals surface area (Å²) in [5.74, 6) is -0.104. The fraction of sp³-hybridized carbons (Fsp3) is 0.0909. The number of anilines is 1. The molecule has 30 heavy (non-hydrogen) atoms. The zero-order valence-electron chi connectivity index (χ0n) is 16.3. The number of benzene rings is 2. The Morgan fingerprint density at radius 3 is 2.67 bits per heavy atom. The van der Waals surface area contributed by atoms with E-state index in [1.54, 1.807) is 35.2 Å². The molecule has 0 atom stereocenters. The molecule has 2 aromatic heterocycles. The first-order valence-corrected chi connectivity index (χ1v) is 9.49. The molecule has 0 unspecified atom stereocenters. The first kappa shape index (κ1) is 19.1. The molecule has 0 fully saturated rings. The van der Waals surface area contributed by atoms with E-state index >= 15 is 0 Å². The highest BCUT2D eigenvalue weighted by Gasteiger charge is 2.09. The summed E-state index contributed by atoms with van der Waals surface area (Å²) in [5.41, 5.74) is 7.41. The van der Waals surface area contributed by atoms with Gasteiger partial charge in [0, 0.05) is 24.4 Å². The summed E-state index contributed by atoms with van der Waals surface area (Å²) in [6.45, 7) is 2.26. The van der Waals surface area contributed by atoms with Crippen LogP contribution >= 0.6 is 0 Å². The molecule has 4 aromatic rings. The molecular formula is C22H20N6O2. The highest BCUT2D eigenvalue weighted by atomic mass is 16.2. The number of hydrazine groups is 1. The molecule has 150 valence electrons. The molecule has 0 radical (unpaired) electrons. The number of amides is 1. The lowest BCUT2D eigenvalue weighted by molar-refractivity contribution is -0.116. The number of carbonyl (C=O) groups is 1. The van der Waals surface area contributed by atoms with Crippen LogP contribution in [0.25, 0.3) is 22.7 Å². The van der Waals surface area contributed by atoms with Crippen molar-refractivity contribution in [2.24, 2.45) is 0 Å².